The van der Waals surface area contributed by atoms with Crippen LogP contribution in [-0.2, 0) is 6.54 Å². The standard InChI is InChI=1S/C16H31N3/c1-13(2)7-6-8-15(5)19-12-18-11-16(19)10-17-9-14(3)4/h11-15,17H,6-10H2,1-5H3. The molecule has 1 aromatic heterocycles. The molecule has 3 heteroatoms. The maximum Gasteiger partial charge on any atom is 0.0951 e. The van der Waals surface area contributed by atoms with Gasteiger partial charge < -0.3 is 9.88 Å². The fraction of sp³-hybridized carbons (Fsp3) is 0.812. The van der Waals surface area contributed by atoms with E-state index in [0.29, 0.717) is 12.0 Å². The van der Waals surface area contributed by atoms with Gasteiger partial charge in [-0.2, -0.15) is 0 Å². The summed E-state index contributed by atoms with van der Waals surface area (Å²) in [6.45, 7) is 13.3. The van der Waals surface area contributed by atoms with Gasteiger partial charge in [-0.3, -0.25) is 0 Å². The van der Waals surface area contributed by atoms with Gasteiger partial charge in [-0.1, -0.05) is 40.5 Å². The van der Waals surface area contributed by atoms with Crippen molar-refractivity contribution in [3.8, 4) is 0 Å². The van der Waals surface area contributed by atoms with Crippen LogP contribution in [0.15, 0.2) is 12.5 Å². The molecule has 0 saturated carbocycles. The van der Waals surface area contributed by atoms with Crippen LogP contribution < -0.4 is 5.32 Å². The smallest absolute Gasteiger partial charge is 0.0951 e. The summed E-state index contributed by atoms with van der Waals surface area (Å²) in [5, 5.41) is 3.50. The van der Waals surface area contributed by atoms with Gasteiger partial charge in [0.1, 0.15) is 0 Å². The van der Waals surface area contributed by atoms with Crippen molar-refractivity contribution in [2.45, 2.75) is 66.5 Å². The highest BCUT2D eigenvalue weighted by atomic mass is 15.1. The molecular weight excluding hydrogens is 234 g/mol. The minimum Gasteiger partial charge on any atom is -0.331 e. The van der Waals surface area contributed by atoms with E-state index in [1.54, 1.807) is 0 Å². The molecule has 0 aliphatic carbocycles. The first-order valence-corrected chi connectivity index (χ1v) is 7.72. The van der Waals surface area contributed by atoms with Gasteiger partial charge in [-0.15, -0.1) is 0 Å². The normalized spacial score (nSPS) is 13.4. The Morgan fingerprint density at radius 3 is 2.47 bits per heavy atom. The Balaban J connectivity index is 2.42. The molecule has 0 aromatic carbocycles. The zero-order chi connectivity index (χ0) is 14.3. The molecule has 0 radical (unpaired) electrons. The van der Waals surface area contributed by atoms with Gasteiger partial charge >= 0.3 is 0 Å². The molecule has 0 aliphatic heterocycles. The second-order valence-corrected chi connectivity index (χ2v) is 6.49. The monoisotopic (exact) mass is 265 g/mol. The Bertz CT molecular complexity index is 342. The summed E-state index contributed by atoms with van der Waals surface area (Å²) in [6, 6.07) is 0.553. The average molecular weight is 265 g/mol. The second kappa shape index (κ2) is 8.36. The number of hydrogen-bond donors (Lipinski definition) is 1. The zero-order valence-electron chi connectivity index (χ0n) is 13.3. The third kappa shape index (κ3) is 6.24. The maximum atomic E-state index is 4.31. The van der Waals surface area contributed by atoms with E-state index in [9.17, 15) is 0 Å². The van der Waals surface area contributed by atoms with Crippen molar-refractivity contribution < 1.29 is 0 Å². The molecule has 3 nitrogen and oxygen atoms in total. The lowest BCUT2D eigenvalue weighted by Crippen LogP contribution is -2.21. The van der Waals surface area contributed by atoms with Crippen LogP contribution in [0.1, 0.15) is 65.6 Å². The van der Waals surface area contributed by atoms with E-state index in [0.717, 1.165) is 19.0 Å². The molecule has 19 heavy (non-hydrogen) atoms. The summed E-state index contributed by atoms with van der Waals surface area (Å²) in [6.07, 6.45) is 7.83. The summed E-state index contributed by atoms with van der Waals surface area (Å²) in [5.74, 6) is 1.50. The van der Waals surface area contributed by atoms with Gasteiger partial charge in [0.15, 0.2) is 0 Å². The molecule has 0 saturated heterocycles. The Kier molecular flexibility index (Phi) is 7.14. The molecule has 0 bridgehead atoms. The lowest BCUT2D eigenvalue weighted by molar-refractivity contribution is 0.432. The molecule has 1 atom stereocenters. The van der Waals surface area contributed by atoms with Gasteiger partial charge in [-0.05, 0) is 31.7 Å². The topological polar surface area (TPSA) is 29.9 Å². The predicted molar refractivity (Wildman–Crippen MR) is 82.2 cm³/mol. The summed E-state index contributed by atoms with van der Waals surface area (Å²) in [4.78, 5) is 4.31. The van der Waals surface area contributed by atoms with Crippen molar-refractivity contribution >= 4 is 0 Å². The van der Waals surface area contributed by atoms with Crippen LogP contribution in [0.3, 0.4) is 0 Å². The van der Waals surface area contributed by atoms with Crippen LogP contribution in [-0.4, -0.2) is 16.1 Å². The minimum absolute atomic E-state index is 0.553. The van der Waals surface area contributed by atoms with Crippen LogP contribution in [0.4, 0.5) is 0 Å². The number of nitrogens with one attached hydrogen (secondary N) is 1. The van der Waals surface area contributed by atoms with Crippen molar-refractivity contribution in [3.05, 3.63) is 18.2 Å². The van der Waals surface area contributed by atoms with Gasteiger partial charge in [0.2, 0.25) is 0 Å². The molecule has 0 spiro atoms. The van der Waals surface area contributed by atoms with Gasteiger partial charge in [-0.25, -0.2) is 4.98 Å². The minimum atomic E-state index is 0.553. The van der Waals surface area contributed by atoms with E-state index in [1.165, 1.54) is 25.0 Å². The molecule has 1 N–H and O–H groups in total. The van der Waals surface area contributed by atoms with Crippen LogP contribution in [0.5, 0.6) is 0 Å². The number of rotatable bonds is 9. The molecular formula is C16H31N3. The van der Waals surface area contributed by atoms with Crippen LogP contribution in [0.25, 0.3) is 0 Å². The van der Waals surface area contributed by atoms with Crippen molar-refractivity contribution in [1.82, 2.24) is 14.9 Å². The van der Waals surface area contributed by atoms with Crippen molar-refractivity contribution in [1.29, 1.82) is 0 Å². The highest BCUT2D eigenvalue weighted by Crippen LogP contribution is 2.18. The third-order valence-corrected chi connectivity index (χ3v) is 3.48. The van der Waals surface area contributed by atoms with Crippen molar-refractivity contribution in [2.24, 2.45) is 11.8 Å². The molecule has 1 unspecified atom stereocenters. The number of nitrogens with zero attached hydrogens (tertiary/aromatic N) is 2. The van der Waals surface area contributed by atoms with Crippen molar-refractivity contribution in [2.75, 3.05) is 6.54 Å². The quantitative estimate of drug-likeness (QED) is 0.731. The van der Waals surface area contributed by atoms with Crippen LogP contribution >= 0.6 is 0 Å². The van der Waals surface area contributed by atoms with E-state index < -0.39 is 0 Å². The first-order valence-electron chi connectivity index (χ1n) is 7.72. The van der Waals surface area contributed by atoms with E-state index in [-0.39, 0.29) is 0 Å². The first-order chi connectivity index (χ1) is 9.00. The fourth-order valence-corrected chi connectivity index (χ4v) is 2.32. The Hall–Kier alpha value is -0.830. The predicted octanol–water partition coefficient (Wildman–Crippen LogP) is 4.02. The highest BCUT2D eigenvalue weighted by molar-refractivity contribution is 4.99. The van der Waals surface area contributed by atoms with Crippen LogP contribution in [0.2, 0.25) is 0 Å². The second-order valence-electron chi connectivity index (χ2n) is 6.49. The molecule has 1 heterocycles. The largest absolute Gasteiger partial charge is 0.331 e. The first kappa shape index (κ1) is 16.2. The summed E-state index contributed by atoms with van der Waals surface area (Å²) in [7, 11) is 0. The Morgan fingerprint density at radius 2 is 1.84 bits per heavy atom. The summed E-state index contributed by atoms with van der Waals surface area (Å²) >= 11 is 0. The van der Waals surface area contributed by atoms with Crippen molar-refractivity contribution in [3.63, 3.8) is 0 Å². The molecule has 0 fully saturated rings. The van der Waals surface area contributed by atoms with Crippen LogP contribution in [0, 0.1) is 11.8 Å². The number of hydrogen-bond acceptors (Lipinski definition) is 2. The third-order valence-electron chi connectivity index (χ3n) is 3.48. The van der Waals surface area contributed by atoms with Gasteiger partial charge in [0.25, 0.3) is 0 Å². The Labute approximate surface area is 118 Å². The van der Waals surface area contributed by atoms with Gasteiger partial charge in [0, 0.05) is 18.8 Å². The molecule has 1 aromatic rings. The lowest BCUT2D eigenvalue weighted by Gasteiger charge is -2.17. The van der Waals surface area contributed by atoms with E-state index in [1.807, 2.05) is 12.5 Å². The summed E-state index contributed by atoms with van der Waals surface area (Å²) < 4.78 is 2.33. The average Bonchev–Trinajstić information content (AvgIpc) is 2.76. The summed E-state index contributed by atoms with van der Waals surface area (Å²) in [5.41, 5.74) is 1.30. The molecule has 0 aliphatic rings. The molecule has 1 rings (SSSR count). The van der Waals surface area contributed by atoms with Gasteiger partial charge in [0.05, 0.1) is 12.0 Å². The zero-order valence-corrected chi connectivity index (χ0v) is 13.3. The Morgan fingerprint density at radius 1 is 1.11 bits per heavy atom. The lowest BCUT2D eigenvalue weighted by atomic mass is 10.0. The number of aromatic nitrogens is 2. The SMILES string of the molecule is CC(C)CCCC(C)n1cncc1CNCC(C)C. The molecule has 110 valence electrons. The molecule has 0 amide bonds. The van der Waals surface area contributed by atoms with E-state index >= 15 is 0 Å². The van der Waals surface area contributed by atoms with E-state index in [2.05, 4.69) is 49.5 Å². The highest BCUT2D eigenvalue weighted by Gasteiger charge is 2.09. The maximum absolute atomic E-state index is 4.31. The fourth-order valence-electron chi connectivity index (χ4n) is 2.32. The van der Waals surface area contributed by atoms with E-state index in [4.69, 9.17) is 0 Å². The number of imidazole rings is 1.